The molecule has 86 heavy (non-hydrogen) atoms. The van der Waals surface area contributed by atoms with Gasteiger partial charge in [0.1, 0.15) is 31.9 Å². The van der Waals surface area contributed by atoms with Crippen LogP contribution in [0.25, 0.3) is 0 Å². The molecule has 22 nitrogen and oxygen atoms in total. The van der Waals surface area contributed by atoms with Crippen molar-refractivity contribution in [1.82, 2.24) is 25.4 Å². The Kier molecular flexibility index (Phi) is 18.6. The fraction of sp³-hybridized carbons (Fsp3) is 0.359. The zero-order valence-corrected chi connectivity index (χ0v) is 48.6. The van der Waals surface area contributed by atoms with Crippen molar-refractivity contribution < 1.29 is 62.3 Å². The van der Waals surface area contributed by atoms with E-state index >= 15 is 0 Å². The number of amides is 6. The Hall–Kier alpha value is -9.25. The van der Waals surface area contributed by atoms with Gasteiger partial charge < -0.3 is 70.3 Å². The first-order valence-corrected chi connectivity index (χ1v) is 28.7. The second-order valence-electron chi connectivity index (χ2n) is 21.9. The van der Waals surface area contributed by atoms with Gasteiger partial charge in [0.15, 0.2) is 29.2 Å². The minimum Gasteiger partial charge on any atom is -0.493 e. The Balaban J connectivity index is 0.814. The minimum atomic E-state index is -1.58. The number of hydrogen-bond acceptors (Lipinski definition) is 16. The number of aliphatic hydroxyl groups excluding tert-OH is 1. The van der Waals surface area contributed by atoms with E-state index in [2.05, 4.69) is 33.4 Å². The summed E-state index contributed by atoms with van der Waals surface area (Å²) >= 11 is 0. The number of nitrogens with zero attached hydrogens (tertiary/aromatic N) is 4. The van der Waals surface area contributed by atoms with Gasteiger partial charge in [-0.05, 0) is 89.9 Å². The molecule has 10 rings (SSSR count). The van der Waals surface area contributed by atoms with Crippen LogP contribution in [0.3, 0.4) is 0 Å². The molecule has 0 aliphatic carbocycles. The van der Waals surface area contributed by atoms with Crippen molar-refractivity contribution in [2.75, 3.05) is 56.1 Å². The zero-order valence-electron chi connectivity index (χ0n) is 48.6. The fourth-order valence-corrected chi connectivity index (χ4v) is 11.1. The normalized spacial score (nSPS) is 17.3. The van der Waals surface area contributed by atoms with Crippen molar-refractivity contribution >= 4 is 52.7 Å². The van der Waals surface area contributed by atoms with E-state index < -0.39 is 48.2 Å². The van der Waals surface area contributed by atoms with Gasteiger partial charge in [0, 0.05) is 50.4 Å². The highest BCUT2D eigenvalue weighted by Crippen LogP contribution is 2.43. The first-order valence-electron chi connectivity index (χ1n) is 28.7. The highest BCUT2D eigenvalue weighted by molar-refractivity contribution is 6.06. The third-order valence-corrected chi connectivity index (χ3v) is 15.8. The van der Waals surface area contributed by atoms with E-state index in [-0.39, 0.29) is 92.3 Å². The molecule has 5 aromatic carbocycles. The van der Waals surface area contributed by atoms with E-state index in [4.69, 9.17) is 39.1 Å². The van der Waals surface area contributed by atoms with Gasteiger partial charge in [-0.3, -0.25) is 29.0 Å². The number of anilines is 3. The summed E-state index contributed by atoms with van der Waals surface area (Å²) in [5, 5.41) is 24.0. The van der Waals surface area contributed by atoms with Crippen molar-refractivity contribution in [3.8, 4) is 23.0 Å². The van der Waals surface area contributed by atoms with Crippen LogP contribution >= 0.6 is 0 Å². The van der Waals surface area contributed by atoms with Gasteiger partial charge in [-0.1, -0.05) is 80.6 Å². The topological polar surface area (TPSA) is 275 Å². The number of hydrogen-bond donors (Lipinski definition) is 6. The van der Waals surface area contributed by atoms with Crippen molar-refractivity contribution in [2.24, 2.45) is 11.7 Å². The molecule has 4 aliphatic heterocycles. The molecule has 6 amide bonds. The molecule has 450 valence electrons. The number of rotatable bonds is 21. The summed E-state index contributed by atoms with van der Waals surface area (Å²) < 4.78 is 35.5. The van der Waals surface area contributed by atoms with E-state index in [9.17, 15) is 33.9 Å². The maximum Gasteiger partial charge on any atom is 0.416 e. The maximum absolute atomic E-state index is 14.7. The summed E-state index contributed by atoms with van der Waals surface area (Å²) in [5.74, 6) is -1.07. The number of carbonyl (C=O) groups excluding carboxylic acids is 6. The first kappa shape index (κ1) is 59.9. The van der Waals surface area contributed by atoms with Crippen molar-refractivity contribution in [3.63, 3.8) is 0 Å². The number of methoxy groups -OCH3 is 2. The number of aromatic nitrogens is 1. The number of pyridine rings is 1. The standard InChI is InChI=1S/C64H71N9O13/c1-37(2)58(70-57(74)21-23-83-24-22-65)60(76)67-38(3)59(75)69-44-19-17-39(18-20-44)34-86-64(80)73-51-30-56(54(82-5)28-49(51)62(78)72-33-43-14-9-7-12-41(43)26-52(72)63(73)79)85-36-46-16-10-15-45(68-46)35-84-55-29-50-48(27-53(55)81-4)61(77)71-32-42-13-8-6-11-40(42)25-47(71)31-66-50/h6-20,27-30,37-38,47,52,58,63,66,79H,21-26,31-36,65H2,1-5H3,(H,67,76)(H,69,75)(H,70,74)/t38-,47-,52-,58-,63?/m0/s1. The molecular formula is C64H71N9O13. The van der Waals surface area contributed by atoms with Crippen LogP contribution in [0.4, 0.5) is 21.9 Å². The van der Waals surface area contributed by atoms with Gasteiger partial charge >= 0.3 is 6.09 Å². The molecule has 0 saturated heterocycles. The van der Waals surface area contributed by atoms with E-state index in [1.807, 2.05) is 47.4 Å². The number of aliphatic hydroxyl groups is 1. The average molecular weight is 1170 g/mol. The molecule has 1 unspecified atom stereocenters. The van der Waals surface area contributed by atoms with Gasteiger partial charge in [-0.2, -0.15) is 0 Å². The lowest BCUT2D eigenvalue weighted by atomic mass is 9.93. The second-order valence-corrected chi connectivity index (χ2v) is 21.9. The van der Waals surface area contributed by atoms with Crippen molar-refractivity contribution in [1.29, 1.82) is 0 Å². The van der Waals surface area contributed by atoms with Gasteiger partial charge in [0.2, 0.25) is 17.7 Å². The molecule has 0 radical (unpaired) electrons. The highest BCUT2D eigenvalue weighted by Gasteiger charge is 2.46. The molecule has 0 spiro atoms. The van der Waals surface area contributed by atoms with Crippen molar-refractivity contribution in [2.45, 2.75) is 103 Å². The van der Waals surface area contributed by atoms with E-state index in [1.54, 1.807) is 67.3 Å². The molecule has 0 fully saturated rings. The first-order chi connectivity index (χ1) is 41.6. The largest absolute Gasteiger partial charge is 0.493 e. The van der Waals surface area contributed by atoms with Gasteiger partial charge in [0.05, 0.1) is 73.4 Å². The van der Waals surface area contributed by atoms with Crippen molar-refractivity contribution in [3.05, 3.63) is 166 Å². The molecule has 0 saturated carbocycles. The van der Waals surface area contributed by atoms with Crippen LogP contribution in [-0.2, 0) is 69.6 Å². The molecule has 6 aromatic rings. The molecular weight excluding hydrogens is 1100 g/mol. The zero-order chi connectivity index (χ0) is 60.6. The molecule has 0 bridgehead atoms. The predicted octanol–water partition coefficient (Wildman–Crippen LogP) is 6.24. The van der Waals surface area contributed by atoms with Gasteiger partial charge in [0.25, 0.3) is 11.8 Å². The van der Waals surface area contributed by atoms with Crippen LogP contribution in [0.5, 0.6) is 23.0 Å². The lowest BCUT2D eigenvalue weighted by molar-refractivity contribution is -0.132. The molecule has 7 N–H and O–H groups in total. The summed E-state index contributed by atoms with van der Waals surface area (Å²) in [6, 6.07) is 31.4. The third-order valence-electron chi connectivity index (χ3n) is 15.8. The fourth-order valence-electron chi connectivity index (χ4n) is 11.1. The molecule has 5 heterocycles. The van der Waals surface area contributed by atoms with E-state index in [1.165, 1.54) is 38.8 Å². The quantitative estimate of drug-likeness (QED) is 0.0435. The number of nitrogens with one attached hydrogen (secondary N) is 4. The Morgan fingerprint density at radius 1 is 0.698 bits per heavy atom. The molecule has 5 atom stereocenters. The number of ether oxygens (including phenoxy) is 6. The van der Waals surface area contributed by atoms with E-state index in [0.717, 1.165) is 28.0 Å². The predicted molar refractivity (Wildman–Crippen MR) is 318 cm³/mol. The molecule has 4 aliphatic rings. The number of fused-ring (bicyclic) bond motifs is 6. The molecule has 22 heteroatoms. The second kappa shape index (κ2) is 26.8. The van der Waals surface area contributed by atoms with Crippen LogP contribution in [-0.4, -0.2) is 126 Å². The summed E-state index contributed by atoms with van der Waals surface area (Å²) in [5.41, 5.74) is 12.9. The SMILES string of the molecule is COc1cc2c(cc1OCc1cccc(COc3cc4c(cc3OC)C(=O)N3Cc5ccccc5C[C@H]3C(O)N4C(=O)OCc3ccc(NC(=O)[C@H](C)NC(=O)[C@@H](NC(=O)CCOCCN)C(C)C)cc3)n1)NC[C@@H]1Cc3ccccc3CN1C2=O. The van der Waals surface area contributed by atoms with E-state index in [0.29, 0.717) is 71.6 Å². The Bertz CT molecular complexity index is 3510. The summed E-state index contributed by atoms with van der Waals surface area (Å²) in [6.45, 7) is 6.84. The minimum absolute atomic E-state index is 0.0212. The Labute approximate surface area is 498 Å². The summed E-state index contributed by atoms with van der Waals surface area (Å²) in [4.78, 5) is 91.7. The van der Waals surface area contributed by atoms with Gasteiger partial charge in [-0.15, -0.1) is 0 Å². The number of nitrogens with two attached hydrogens (primary N) is 1. The van der Waals surface area contributed by atoms with Crippen LogP contribution < -0.4 is 50.8 Å². The lowest BCUT2D eigenvalue weighted by Gasteiger charge is -2.39. The Morgan fingerprint density at radius 2 is 1.31 bits per heavy atom. The summed E-state index contributed by atoms with van der Waals surface area (Å²) in [7, 11) is 2.96. The number of benzene rings is 5. The average Bonchev–Trinajstić information content (AvgIpc) is 3.05. The highest BCUT2D eigenvalue weighted by atomic mass is 16.6. The van der Waals surface area contributed by atoms with Crippen LogP contribution in [0.2, 0.25) is 0 Å². The third kappa shape index (κ3) is 13.3. The lowest BCUT2D eigenvalue weighted by Crippen LogP contribution is -2.55. The van der Waals surface area contributed by atoms with Gasteiger partial charge in [-0.25, -0.2) is 9.69 Å². The molecule has 1 aromatic heterocycles. The summed E-state index contributed by atoms with van der Waals surface area (Å²) in [6.07, 6.45) is -1.50. The maximum atomic E-state index is 14.7. The Morgan fingerprint density at radius 3 is 1.97 bits per heavy atom. The smallest absolute Gasteiger partial charge is 0.416 e. The van der Waals surface area contributed by atoms with Crippen LogP contribution in [0.1, 0.15) is 87.1 Å². The monoisotopic (exact) mass is 1170 g/mol. The van der Waals surface area contributed by atoms with Crippen LogP contribution in [0, 0.1) is 5.92 Å². The number of carbonyl (C=O) groups is 6. The van der Waals surface area contributed by atoms with Crippen LogP contribution in [0.15, 0.2) is 115 Å².